The molecule has 1 saturated heterocycles. The van der Waals surface area contributed by atoms with Gasteiger partial charge in [-0.1, -0.05) is 29.3 Å². The number of amides is 1. The molecule has 0 unspecified atom stereocenters. The van der Waals surface area contributed by atoms with E-state index >= 15 is 0 Å². The van der Waals surface area contributed by atoms with Crippen molar-refractivity contribution in [1.82, 2.24) is 10.4 Å². The molecule has 2 fully saturated rings. The maximum absolute atomic E-state index is 13.3. The number of benzene rings is 1. The summed E-state index contributed by atoms with van der Waals surface area (Å²) in [5.74, 6) is -0.615. The van der Waals surface area contributed by atoms with Crippen LogP contribution in [-0.2, 0) is 24.2 Å². The summed E-state index contributed by atoms with van der Waals surface area (Å²) in [7, 11) is -4.09. The van der Waals surface area contributed by atoms with Crippen LogP contribution in [0.4, 0.5) is 4.79 Å². The first-order valence-electron chi connectivity index (χ1n) is 9.87. The molecule has 0 bridgehead atoms. The van der Waals surface area contributed by atoms with E-state index in [4.69, 9.17) is 32.8 Å². The van der Waals surface area contributed by atoms with Crippen LogP contribution in [0.3, 0.4) is 0 Å². The Hall–Kier alpha value is -2.06. The van der Waals surface area contributed by atoms with Crippen molar-refractivity contribution in [3.05, 3.63) is 28.2 Å². The van der Waals surface area contributed by atoms with Crippen molar-refractivity contribution in [2.75, 3.05) is 6.54 Å². The van der Waals surface area contributed by atoms with Crippen molar-refractivity contribution in [3.63, 3.8) is 0 Å². The molecule has 0 radical (unpaired) electrons. The maximum atomic E-state index is 13.3. The van der Waals surface area contributed by atoms with Crippen LogP contribution in [-0.4, -0.2) is 54.5 Å². The van der Waals surface area contributed by atoms with E-state index in [1.807, 2.05) is 6.07 Å². The van der Waals surface area contributed by atoms with Crippen LogP contribution in [0.1, 0.15) is 40.0 Å². The summed E-state index contributed by atoms with van der Waals surface area (Å²) in [6.45, 7) is 4.61. The molecule has 9 nitrogen and oxygen atoms in total. The van der Waals surface area contributed by atoms with Gasteiger partial charge in [-0.2, -0.15) is 5.26 Å². The normalized spacial score (nSPS) is 22.6. The van der Waals surface area contributed by atoms with Gasteiger partial charge in [0.2, 0.25) is 5.91 Å². The van der Waals surface area contributed by atoms with Gasteiger partial charge >= 0.3 is 6.16 Å². The van der Waals surface area contributed by atoms with Crippen molar-refractivity contribution in [2.45, 2.75) is 67.4 Å². The largest absolute Gasteiger partial charge is 0.528 e. The molecule has 0 aromatic heterocycles. The van der Waals surface area contributed by atoms with Crippen molar-refractivity contribution in [3.8, 4) is 6.07 Å². The predicted molar refractivity (Wildman–Crippen MR) is 116 cm³/mol. The summed E-state index contributed by atoms with van der Waals surface area (Å²) in [6, 6.07) is 5.21. The van der Waals surface area contributed by atoms with Gasteiger partial charge in [0, 0.05) is 0 Å². The summed E-state index contributed by atoms with van der Waals surface area (Å²) in [6.07, 6.45) is -0.289. The van der Waals surface area contributed by atoms with Crippen LogP contribution < -0.4 is 5.32 Å². The second-order valence-electron chi connectivity index (χ2n) is 8.81. The Balaban J connectivity index is 1.87. The van der Waals surface area contributed by atoms with Crippen LogP contribution in [0.25, 0.3) is 0 Å². The third-order valence-corrected chi connectivity index (χ3v) is 8.15. The maximum Gasteiger partial charge on any atom is 0.528 e. The van der Waals surface area contributed by atoms with E-state index in [0.717, 1.165) is 5.06 Å². The number of hydrogen-bond donors (Lipinski definition) is 1. The molecule has 1 amide bonds. The zero-order valence-electron chi connectivity index (χ0n) is 17.7. The number of ether oxygens (including phenoxy) is 1. The quantitative estimate of drug-likeness (QED) is 0.606. The van der Waals surface area contributed by atoms with Crippen LogP contribution in [0.2, 0.25) is 10.0 Å². The highest BCUT2D eigenvalue weighted by atomic mass is 35.5. The topological polar surface area (TPSA) is 126 Å². The van der Waals surface area contributed by atoms with Gasteiger partial charge in [0.15, 0.2) is 9.84 Å². The molecule has 2 atom stereocenters. The van der Waals surface area contributed by atoms with Crippen molar-refractivity contribution >= 4 is 45.1 Å². The van der Waals surface area contributed by atoms with Gasteiger partial charge in [0.1, 0.15) is 22.1 Å². The number of nitrogens with zero attached hydrogens (tertiary/aromatic N) is 2. The number of nitrogens with one attached hydrogen (secondary N) is 1. The molecule has 1 aromatic carbocycles. The lowest BCUT2D eigenvalue weighted by molar-refractivity contribution is -0.162. The van der Waals surface area contributed by atoms with Gasteiger partial charge in [0.05, 0.1) is 27.9 Å². The molecule has 12 heteroatoms. The SMILES string of the molecule is CC(C)(C)OC(=O)ON1C[C@H](S(=O)(=O)c2c(Cl)cccc2Cl)C[C@H]1C(=O)NC1(C#N)CC1. The Labute approximate surface area is 196 Å². The molecular weight excluding hydrogens is 481 g/mol. The fourth-order valence-electron chi connectivity index (χ4n) is 3.33. The highest BCUT2D eigenvalue weighted by molar-refractivity contribution is 7.92. The number of hydroxylamine groups is 2. The first kappa shape index (κ1) is 24.6. The summed E-state index contributed by atoms with van der Waals surface area (Å²) < 4.78 is 31.7. The highest BCUT2D eigenvalue weighted by Gasteiger charge is 2.51. The lowest BCUT2D eigenvalue weighted by Crippen LogP contribution is -2.48. The molecule has 1 heterocycles. The summed E-state index contributed by atoms with van der Waals surface area (Å²) in [5.41, 5.74) is -1.83. The van der Waals surface area contributed by atoms with Gasteiger partial charge in [0.25, 0.3) is 0 Å². The number of rotatable bonds is 5. The van der Waals surface area contributed by atoms with E-state index in [2.05, 4.69) is 5.32 Å². The van der Waals surface area contributed by atoms with E-state index in [1.54, 1.807) is 20.8 Å². The number of sulfone groups is 1. The minimum atomic E-state index is -4.09. The summed E-state index contributed by atoms with van der Waals surface area (Å²) >= 11 is 12.2. The number of carbonyl (C=O) groups excluding carboxylic acids is 2. The molecule has 1 N–H and O–H groups in total. The van der Waals surface area contributed by atoms with E-state index in [1.165, 1.54) is 18.2 Å². The fraction of sp³-hybridized carbons (Fsp3) is 0.550. The fourth-order valence-corrected chi connectivity index (χ4v) is 6.16. The zero-order valence-corrected chi connectivity index (χ0v) is 20.1. The predicted octanol–water partition coefficient (Wildman–Crippen LogP) is 3.25. The Morgan fingerprint density at radius 3 is 2.34 bits per heavy atom. The average molecular weight is 504 g/mol. The molecule has 0 spiro atoms. The Morgan fingerprint density at radius 2 is 1.84 bits per heavy atom. The molecular formula is C20H23Cl2N3O6S. The van der Waals surface area contributed by atoms with Gasteiger partial charge in [-0.3, -0.25) is 4.79 Å². The molecule has 32 heavy (non-hydrogen) atoms. The smallest absolute Gasteiger partial charge is 0.427 e. The van der Waals surface area contributed by atoms with Gasteiger partial charge in [-0.05, 0) is 52.2 Å². The highest BCUT2D eigenvalue weighted by Crippen LogP contribution is 2.38. The lowest BCUT2D eigenvalue weighted by atomic mass is 10.2. The molecule has 3 rings (SSSR count). The first-order valence-corrected chi connectivity index (χ1v) is 12.2. The summed E-state index contributed by atoms with van der Waals surface area (Å²) in [5, 5.41) is 11.6. The molecule has 174 valence electrons. The Kier molecular flexibility index (Phi) is 6.69. The second kappa shape index (κ2) is 8.71. The number of halogens is 2. The average Bonchev–Trinajstić information content (AvgIpc) is 3.29. The van der Waals surface area contributed by atoms with Crippen molar-refractivity contribution in [2.24, 2.45) is 0 Å². The molecule has 2 aliphatic rings. The van der Waals surface area contributed by atoms with Crippen LogP contribution in [0.5, 0.6) is 0 Å². The van der Waals surface area contributed by atoms with E-state index < -0.39 is 44.3 Å². The standard InChI is InChI=1S/C20H23Cl2N3O6S/c1-19(2,3)30-18(27)31-25-10-12(9-15(25)17(26)24-20(11-23)7-8-20)32(28,29)16-13(21)5-4-6-14(16)22/h4-6,12,15H,7-10H2,1-3H3,(H,24,26)/t12-,15+/m1/s1. The Bertz CT molecular complexity index is 1060. The number of carbonyl (C=O) groups is 2. The van der Waals surface area contributed by atoms with Gasteiger partial charge in [-0.15, -0.1) is 5.06 Å². The van der Waals surface area contributed by atoms with E-state index in [9.17, 15) is 23.3 Å². The van der Waals surface area contributed by atoms with Gasteiger partial charge < -0.3 is 14.9 Å². The lowest BCUT2D eigenvalue weighted by Gasteiger charge is -2.25. The van der Waals surface area contributed by atoms with Gasteiger partial charge in [-0.25, -0.2) is 13.2 Å². The van der Waals surface area contributed by atoms with Crippen molar-refractivity contribution in [1.29, 1.82) is 5.26 Å². The monoisotopic (exact) mass is 503 g/mol. The molecule has 1 aromatic rings. The molecule has 1 saturated carbocycles. The Morgan fingerprint density at radius 1 is 1.25 bits per heavy atom. The first-order chi connectivity index (χ1) is 14.8. The third kappa shape index (κ3) is 5.29. The van der Waals surface area contributed by atoms with E-state index in [0.29, 0.717) is 12.8 Å². The summed E-state index contributed by atoms with van der Waals surface area (Å²) in [4.78, 5) is 30.1. The van der Waals surface area contributed by atoms with Crippen molar-refractivity contribution < 1.29 is 27.6 Å². The molecule has 1 aliphatic carbocycles. The van der Waals surface area contributed by atoms with Crippen LogP contribution in [0.15, 0.2) is 23.1 Å². The minimum absolute atomic E-state index is 0.0496. The van der Waals surface area contributed by atoms with Crippen LogP contribution in [0, 0.1) is 11.3 Å². The van der Waals surface area contributed by atoms with Crippen LogP contribution >= 0.6 is 23.2 Å². The number of nitriles is 1. The molecule has 1 aliphatic heterocycles. The zero-order chi connectivity index (χ0) is 23.9. The third-order valence-electron chi connectivity index (χ3n) is 5.07. The second-order valence-corrected chi connectivity index (χ2v) is 11.8. The minimum Gasteiger partial charge on any atom is -0.427 e. The van der Waals surface area contributed by atoms with E-state index in [-0.39, 0.29) is 27.9 Å². The number of hydrogen-bond acceptors (Lipinski definition) is 8.